The number of carboxylic acid groups (broad SMARTS) is 1. The van der Waals surface area contributed by atoms with E-state index in [9.17, 15) is 20.0 Å². The third-order valence-electron chi connectivity index (χ3n) is 4.74. The number of pyridine rings is 1. The second-order valence-corrected chi connectivity index (χ2v) is 5.65. The highest BCUT2D eigenvalue weighted by Gasteiger charge is 2.42. The molecule has 0 atom stereocenters. The summed E-state index contributed by atoms with van der Waals surface area (Å²) in [6, 6.07) is 3.08. The minimum Gasteiger partial charge on any atom is -0.480 e. The van der Waals surface area contributed by atoms with E-state index < -0.39 is 16.4 Å². The number of nitro groups is 1. The van der Waals surface area contributed by atoms with Crippen LogP contribution in [0.4, 0.5) is 11.5 Å². The third-order valence-corrected chi connectivity index (χ3v) is 4.74. The number of hydrogen-bond donors (Lipinski definition) is 1. The van der Waals surface area contributed by atoms with E-state index in [4.69, 9.17) is 0 Å². The van der Waals surface area contributed by atoms with E-state index in [0.29, 0.717) is 39.0 Å². The molecule has 1 saturated heterocycles. The predicted molar refractivity (Wildman–Crippen MR) is 85.6 cm³/mol. The van der Waals surface area contributed by atoms with Crippen molar-refractivity contribution in [3.05, 3.63) is 28.4 Å². The molecule has 1 aromatic heterocycles. The molecule has 0 aromatic carbocycles. The Kier molecular flexibility index (Phi) is 5.15. The standard InChI is InChI=1S/C15H22N4O4/c1-3-15(4-2,14(20)21)18-9-7-17(8-10-18)12-5-6-13(16-11-12)19(22)23/h5-6,11H,3-4,7-10H2,1-2H3,(H,20,21). The van der Waals surface area contributed by atoms with Gasteiger partial charge >= 0.3 is 11.8 Å². The predicted octanol–water partition coefficient (Wildman–Crippen LogP) is 1.76. The van der Waals surface area contributed by atoms with Crippen LogP contribution in [0.1, 0.15) is 26.7 Å². The van der Waals surface area contributed by atoms with E-state index in [1.807, 2.05) is 18.7 Å². The molecule has 8 heteroatoms. The first-order valence-corrected chi connectivity index (χ1v) is 7.78. The summed E-state index contributed by atoms with van der Waals surface area (Å²) in [5.41, 5.74) is 0.0176. The van der Waals surface area contributed by atoms with Crippen LogP contribution in [0.25, 0.3) is 0 Å². The van der Waals surface area contributed by atoms with Crippen molar-refractivity contribution in [3.8, 4) is 0 Å². The molecule has 0 saturated carbocycles. The summed E-state index contributed by atoms with van der Waals surface area (Å²) >= 11 is 0. The number of rotatable bonds is 6. The second-order valence-electron chi connectivity index (χ2n) is 5.65. The molecule has 1 N–H and O–H groups in total. The second kappa shape index (κ2) is 6.91. The van der Waals surface area contributed by atoms with Crippen molar-refractivity contribution >= 4 is 17.5 Å². The largest absolute Gasteiger partial charge is 0.480 e. The van der Waals surface area contributed by atoms with Crippen LogP contribution in [0.15, 0.2) is 18.3 Å². The van der Waals surface area contributed by atoms with Gasteiger partial charge in [0.1, 0.15) is 5.54 Å². The lowest BCUT2D eigenvalue weighted by molar-refractivity contribution is -0.389. The van der Waals surface area contributed by atoms with Crippen LogP contribution in [-0.2, 0) is 4.79 Å². The van der Waals surface area contributed by atoms with Gasteiger partial charge in [0.2, 0.25) is 0 Å². The van der Waals surface area contributed by atoms with Crippen LogP contribution in [-0.4, -0.2) is 57.6 Å². The Labute approximate surface area is 134 Å². The van der Waals surface area contributed by atoms with Gasteiger partial charge in [-0.1, -0.05) is 13.8 Å². The lowest BCUT2D eigenvalue weighted by atomic mass is 9.90. The summed E-state index contributed by atoms with van der Waals surface area (Å²) in [7, 11) is 0. The van der Waals surface area contributed by atoms with Gasteiger partial charge in [-0.2, -0.15) is 0 Å². The molecule has 126 valence electrons. The maximum Gasteiger partial charge on any atom is 0.363 e. The van der Waals surface area contributed by atoms with E-state index >= 15 is 0 Å². The van der Waals surface area contributed by atoms with E-state index in [2.05, 4.69) is 9.88 Å². The van der Waals surface area contributed by atoms with Crippen LogP contribution in [0.2, 0.25) is 0 Å². The first-order chi connectivity index (χ1) is 10.9. The molecule has 1 fully saturated rings. The number of anilines is 1. The summed E-state index contributed by atoms with van der Waals surface area (Å²) in [6.07, 6.45) is 2.63. The molecule has 2 heterocycles. The summed E-state index contributed by atoms with van der Waals surface area (Å²) in [6.45, 7) is 6.45. The highest BCUT2D eigenvalue weighted by molar-refractivity contribution is 5.78. The first kappa shape index (κ1) is 17.1. The Bertz CT molecular complexity index is 563. The molecular formula is C15H22N4O4. The Morgan fingerprint density at radius 1 is 1.30 bits per heavy atom. The number of aliphatic carboxylic acids is 1. The Hall–Kier alpha value is -2.22. The maximum atomic E-state index is 11.7. The van der Waals surface area contributed by atoms with Gasteiger partial charge in [0.05, 0.1) is 5.69 Å². The molecule has 8 nitrogen and oxygen atoms in total. The van der Waals surface area contributed by atoms with Crippen LogP contribution in [0.3, 0.4) is 0 Å². The van der Waals surface area contributed by atoms with Gasteiger partial charge in [-0.05, 0) is 28.8 Å². The van der Waals surface area contributed by atoms with Gasteiger partial charge in [0.15, 0.2) is 6.20 Å². The number of nitrogens with zero attached hydrogens (tertiary/aromatic N) is 4. The zero-order valence-corrected chi connectivity index (χ0v) is 13.4. The SMILES string of the molecule is CCC(CC)(C(=O)O)N1CCN(c2ccc([N+](=O)[O-])nc2)CC1. The summed E-state index contributed by atoms with van der Waals surface area (Å²) < 4.78 is 0. The first-order valence-electron chi connectivity index (χ1n) is 7.78. The van der Waals surface area contributed by atoms with Gasteiger partial charge in [-0.25, -0.2) is 0 Å². The van der Waals surface area contributed by atoms with Crippen molar-refractivity contribution in [1.82, 2.24) is 9.88 Å². The molecule has 0 amide bonds. The molecule has 2 rings (SSSR count). The fraction of sp³-hybridized carbons (Fsp3) is 0.600. The average molecular weight is 322 g/mol. The third kappa shape index (κ3) is 3.26. The summed E-state index contributed by atoms with van der Waals surface area (Å²) in [5.74, 6) is -0.942. The fourth-order valence-electron chi connectivity index (χ4n) is 3.20. The topological polar surface area (TPSA) is 99.8 Å². The lowest BCUT2D eigenvalue weighted by Gasteiger charge is -2.45. The molecule has 0 radical (unpaired) electrons. The van der Waals surface area contributed by atoms with Crippen molar-refractivity contribution < 1.29 is 14.8 Å². The zero-order chi connectivity index (χ0) is 17.0. The minimum atomic E-state index is -0.806. The van der Waals surface area contributed by atoms with Gasteiger partial charge in [0.25, 0.3) is 0 Å². The summed E-state index contributed by atoms with van der Waals surface area (Å²) in [4.78, 5) is 29.8. The highest BCUT2D eigenvalue weighted by atomic mass is 16.6. The maximum absolute atomic E-state index is 11.7. The number of aromatic nitrogens is 1. The summed E-state index contributed by atoms with van der Waals surface area (Å²) in [5, 5.41) is 20.3. The van der Waals surface area contributed by atoms with Gasteiger partial charge < -0.3 is 20.1 Å². The number of piperazine rings is 1. The monoisotopic (exact) mass is 322 g/mol. The van der Waals surface area contributed by atoms with Crippen LogP contribution in [0, 0.1) is 10.1 Å². The zero-order valence-electron chi connectivity index (χ0n) is 13.4. The molecular weight excluding hydrogens is 300 g/mol. The van der Waals surface area contributed by atoms with Crippen molar-refractivity contribution in [2.75, 3.05) is 31.1 Å². The van der Waals surface area contributed by atoms with E-state index in [0.717, 1.165) is 5.69 Å². The van der Waals surface area contributed by atoms with Crippen LogP contribution < -0.4 is 4.90 Å². The average Bonchev–Trinajstić information content (AvgIpc) is 2.57. The van der Waals surface area contributed by atoms with Gasteiger partial charge in [-0.15, -0.1) is 0 Å². The van der Waals surface area contributed by atoms with Gasteiger partial charge in [-0.3, -0.25) is 9.69 Å². The molecule has 0 spiro atoms. The lowest BCUT2D eigenvalue weighted by Crippen LogP contribution is -2.60. The normalized spacial score (nSPS) is 16.3. The molecule has 1 aromatic rings. The molecule has 23 heavy (non-hydrogen) atoms. The number of carbonyl (C=O) groups is 1. The Morgan fingerprint density at radius 2 is 1.91 bits per heavy atom. The molecule has 0 aliphatic carbocycles. The van der Waals surface area contributed by atoms with E-state index in [-0.39, 0.29) is 5.82 Å². The smallest absolute Gasteiger partial charge is 0.363 e. The minimum absolute atomic E-state index is 0.172. The van der Waals surface area contributed by atoms with E-state index in [1.165, 1.54) is 12.3 Å². The molecule has 1 aliphatic rings. The molecule has 1 aliphatic heterocycles. The van der Waals surface area contributed by atoms with Crippen molar-refractivity contribution in [2.45, 2.75) is 32.2 Å². The molecule has 0 unspecified atom stereocenters. The van der Waals surface area contributed by atoms with Crippen LogP contribution >= 0.6 is 0 Å². The van der Waals surface area contributed by atoms with Gasteiger partial charge in [0, 0.05) is 32.2 Å². The fourth-order valence-corrected chi connectivity index (χ4v) is 3.20. The van der Waals surface area contributed by atoms with Crippen molar-refractivity contribution in [3.63, 3.8) is 0 Å². The number of hydrogen-bond acceptors (Lipinski definition) is 6. The van der Waals surface area contributed by atoms with E-state index in [1.54, 1.807) is 6.07 Å². The quantitative estimate of drug-likeness (QED) is 0.629. The highest BCUT2D eigenvalue weighted by Crippen LogP contribution is 2.27. The van der Waals surface area contributed by atoms with Crippen molar-refractivity contribution in [2.24, 2.45) is 0 Å². The number of carboxylic acids is 1. The Balaban J connectivity index is 2.05. The van der Waals surface area contributed by atoms with Crippen LogP contribution in [0.5, 0.6) is 0 Å². The van der Waals surface area contributed by atoms with Crippen molar-refractivity contribution in [1.29, 1.82) is 0 Å². The Morgan fingerprint density at radius 3 is 2.30 bits per heavy atom. The molecule has 0 bridgehead atoms.